The molecule has 152 valence electrons. The summed E-state index contributed by atoms with van der Waals surface area (Å²) >= 11 is 3.08. The number of tetrazole rings is 1. The van der Waals surface area contributed by atoms with Crippen LogP contribution in [0.4, 0.5) is 0 Å². The number of hydrogen-bond donors (Lipinski definition) is 1. The van der Waals surface area contributed by atoms with Crippen molar-refractivity contribution in [3.8, 4) is 22.5 Å². The highest BCUT2D eigenvalue weighted by Gasteiger charge is 2.11. The average molecular weight is 438 g/mol. The van der Waals surface area contributed by atoms with Crippen LogP contribution >= 0.6 is 23.1 Å². The standard InChI is InChI=1S/C20H19N7OS2/c1-3-29-20-24-27(19(30-20)21-13(2)28)12-14-8-10-15(11-9-14)16-6-4-5-7-17(16)18-22-25-26-23-18/h4-11H,3,12H2,1-2H3,(H,22,23,25,26). The van der Waals surface area contributed by atoms with Gasteiger partial charge in [0.2, 0.25) is 10.7 Å². The Hall–Kier alpha value is -3.11. The summed E-state index contributed by atoms with van der Waals surface area (Å²) in [5.74, 6) is 1.32. The normalized spacial score (nSPS) is 11.7. The van der Waals surface area contributed by atoms with E-state index in [1.807, 2.05) is 24.3 Å². The molecule has 30 heavy (non-hydrogen) atoms. The van der Waals surface area contributed by atoms with E-state index in [0.29, 0.717) is 17.2 Å². The number of amides is 1. The smallest absolute Gasteiger partial charge is 0.245 e. The molecule has 2 heterocycles. The van der Waals surface area contributed by atoms with Crippen LogP contribution in [-0.4, -0.2) is 42.1 Å². The molecule has 4 aromatic rings. The molecule has 0 aliphatic rings. The molecule has 0 unspecified atom stereocenters. The summed E-state index contributed by atoms with van der Waals surface area (Å²) in [7, 11) is 0. The number of hydrogen-bond acceptors (Lipinski definition) is 7. The number of aromatic amines is 1. The molecule has 8 nitrogen and oxygen atoms in total. The zero-order chi connectivity index (χ0) is 20.9. The second-order valence-corrected chi connectivity index (χ2v) is 8.83. The molecule has 2 aromatic heterocycles. The van der Waals surface area contributed by atoms with Gasteiger partial charge in [-0.3, -0.25) is 4.79 Å². The highest BCUT2D eigenvalue weighted by atomic mass is 32.2. The van der Waals surface area contributed by atoms with Gasteiger partial charge in [-0.05, 0) is 32.9 Å². The van der Waals surface area contributed by atoms with Crippen molar-refractivity contribution in [2.45, 2.75) is 24.7 Å². The first-order chi connectivity index (χ1) is 14.6. The number of rotatable bonds is 6. The Kier molecular flexibility index (Phi) is 6.15. The number of nitrogens with zero attached hydrogens (tertiary/aromatic N) is 6. The summed E-state index contributed by atoms with van der Waals surface area (Å²) in [6, 6.07) is 16.2. The summed E-state index contributed by atoms with van der Waals surface area (Å²) < 4.78 is 2.69. The summed E-state index contributed by atoms with van der Waals surface area (Å²) in [4.78, 5) is 16.2. The average Bonchev–Trinajstić information content (AvgIpc) is 3.39. The van der Waals surface area contributed by atoms with Gasteiger partial charge in [-0.15, -0.1) is 5.10 Å². The van der Waals surface area contributed by atoms with Gasteiger partial charge >= 0.3 is 0 Å². The molecule has 0 saturated heterocycles. The third-order valence-corrected chi connectivity index (χ3v) is 6.21. The predicted octanol–water partition coefficient (Wildman–Crippen LogP) is 3.40. The van der Waals surface area contributed by atoms with Gasteiger partial charge in [0.05, 0.1) is 6.54 Å². The van der Waals surface area contributed by atoms with Gasteiger partial charge in [0.25, 0.3) is 0 Å². The molecule has 1 N–H and O–H groups in total. The van der Waals surface area contributed by atoms with Crippen molar-refractivity contribution in [1.82, 2.24) is 30.4 Å². The second kappa shape index (κ2) is 9.14. The molecule has 2 aromatic carbocycles. The highest BCUT2D eigenvalue weighted by Crippen LogP contribution is 2.29. The second-order valence-electron chi connectivity index (χ2n) is 6.36. The summed E-state index contributed by atoms with van der Waals surface area (Å²) in [6.07, 6.45) is 0. The molecule has 0 radical (unpaired) electrons. The van der Waals surface area contributed by atoms with Crippen LogP contribution in [0.1, 0.15) is 19.4 Å². The number of carbonyl (C=O) groups is 1. The van der Waals surface area contributed by atoms with Gasteiger partial charge in [-0.2, -0.15) is 10.1 Å². The zero-order valence-corrected chi connectivity index (χ0v) is 18.1. The quantitative estimate of drug-likeness (QED) is 0.464. The van der Waals surface area contributed by atoms with Crippen LogP contribution in [-0.2, 0) is 11.3 Å². The Morgan fingerprint density at radius 2 is 1.93 bits per heavy atom. The van der Waals surface area contributed by atoms with Gasteiger partial charge in [-0.25, -0.2) is 9.78 Å². The van der Waals surface area contributed by atoms with Crippen molar-refractivity contribution in [3.63, 3.8) is 0 Å². The van der Waals surface area contributed by atoms with E-state index in [9.17, 15) is 4.79 Å². The van der Waals surface area contributed by atoms with Gasteiger partial charge < -0.3 is 0 Å². The fourth-order valence-corrected chi connectivity index (χ4v) is 4.87. The van der Waals surface area contributed by atoms with E-state index in [4.69, 9.17) is 0 Å². The van der Waals surface area contributed by atoms with E-state index < -0.39 is 0 Å². The number of H-pyrrole nitrogens is 1. The molecule has 1 amide bonds. The maximum absolute atomic E-state index is 11.5. The van der Waals surface area contributed by atoms with Crippen molar-refractivity contribution in [3.05, 3.63) is 58.9 Å². The van der Waals surface area contributed by atoms with Crippen LogP contribution in [0.5, 0.6) is 0 Å². The fraction of sp³-hybridized carbons (Fsp3) is 0.200. The number of benzene rings is 2. The van der Waals surface area contributed by atoms with Crippen LogP contribution in [0.3, 0.4) is 0 Å². The lowest BCUT2D eigenvalue weighted by Crippen LogP contribution is -2.18. The van der Waals surface area contributed by atoms with E-state index in [0.717, 1.165) is 32.3 Å². The number of nitrogens with one attached hydrogen (secondary N) is 1. The number of aromatic nitrogens is 6. The number of thioether (sulfide) groups is 1. The summed E-state index contributed by atoms with van der Waals surface area (Å²) in [5.41, 5.74) is 4.11. The Morgan fingerprint density at radius 3 is 2.60 bits per heavy atom. The molecule has 0 aliphatic carbocycles. The van der Waals surface area contributed by atoms with Crippen molar-refractivity contribution in [2.24, 2.45) is 4.99 Å². The minimum absolute atomic E-state index is 0.227. The van der Waals surface area contributed by atoms with Gasteiger partial charge in [0.15, 0.2) is 10.2 Å². The third-order valence-electron chi connectivity index (χ3n) is 4.25. The molecular weight excluding hydrogens is 418 g/mol. The van der Waals surface area contributed by atoms with Crippen molar-refractivity contribution in [2.75, 3.05) is 5.75 Å². The molecular formula is C20H19N7OS2. The summed E-state index contributed by atoms with van der Waals surface area (Å²) in [5, 5.41) is 18.8. The molecule has 0 saturated carbocycles. The van der Waals surface area contributed by atoms with E-state index in [2.05, 4.69) is 61.9 Å². The molecule has 0 fully saturated rings. The van der Waals surface area contributed by atoms with E-state index in [1.54, 1.807) is 16.4 Å². The molecule has 4 rings (SSSR count). The Balaban J connectivity index is 1.63. The monoisotopic (exact) mass is 437 g/mol. The molecule has 0 aliphatic heterocycles. The highest BCUT2D eigenvalue weighted by molar-refractivity contribution is 8.00. The molecule has 0 atom stereocenters. The summed E-state index contributed by atoms with van der Waals surface area (Å²) in [6.45, 7) is 4.07. The molecule has 0 spiro atoms. The first-order valence-corrected chi connectivity index (χ1v) is 11.1. The Labute approximate surface area is 181 Å². The first-order valence-electron chi connectivity index (χ1n) is 9.32. The van der Waals surface area contributed by atoms with Crippen LogP contribution in [0.2, 0.25) is 0 Å². The lowest BCUT2D eigenvalue weighted by molar-refractivity contribution is -0.116. The largest absolute Gasteiger partial charge is 0.273 e. The number of carbonyl (C=O) groups excluding carboxylic acids is 1. The molecule has 10 heteroatoms. The van der Waals surface area contributed by atoms with Crippen LogP contribution in [0.15, 0.2) is 57.9 Å². The predicted molar refractivity (Wildman–Crippen MR) is 117 cm³/mol. The SMILES string of the molecule is CCSc1nn(Cc2ccc(-c3ccccc3-c3nnn[nH]3)cc2)c(=NC(C)=O)s1. The van der Waals surface area contributed by atoms with E-state index >= 15 is 0 Å². The van der Waals surface area contributed by atoms with Gasteiger partial charge in [0, 0.05) is 12.5 Å². The minimum atomic E-state index is -0.227. The first kappa shape index (κ1) is 20.2. The topological polar surface area (TPSA) is 102 Å². The molecule has 0 bridgehead atoms. The van der Waals surface area contributed by atoms with Gasteiger partial charge in [0.1, 0.15) is 0 Å². The lowest BCUT2D eigenvalue weighted by Gasteiger charge is -2.08. The van der Waals surface area contributed by atoms with Crippen molar-refractivity contribution in [1.29, 1.82) is 0 Å². The van der Waals surface area contributed by atoms with Crippen molar-refractivity contribution < 1.29 is 4.79 Å². The Morgan fingerprint density at radius 1 is 1.17 bits per heavy atom. The Bertz CT molecular complexity index is 1210. The maximum Gasteiger partial charge on any atom is 0.245 e. The van der Waals surface area contributed by atoms with E-state index in [1.165, 1.54) is 18.3 Å². The lowest BCUT2D eigenvalue weighted by atomic mass is 9.98. The van der Waals surface area contributed by atoms with Crippen LogP contribution in [0.25, 0.3) is 22.5 Å². The van der Waals surface area contributed by atoms with Crippen LogP contribution < -0.4 is 4.80 Å². The van der Waals surface area contributed by atoms with E-state index in [-0.39, 0.29) is 5.91 Å². The minimum Gasteiger partial charge on any atom is -0.273 e. The third kappa shape index (κ3) is 4.55. The zero-order valence-electron chi connectivity index (χ0n) is 16.4. The van der Waals surface area contributed by atoms with Gasteiger partial charge in [-0.1, -0.05) is 78.6 Å². The van der Waals surface area contributed by atoms with Crippen molar-refractivity contribution >= 4 is 29.0 Å². The van der Waals surface area contributed by atoms with Crippen LogP contribution in [0, 0.1) is 0 Å². The fourth-order valence-electron chi connectivity index (χ4n) is 2.97. The maximum atomic E-state index is 11.5.